The Morgan fingerprint density at radius 3 is 1.81 bits per heavy atom. The minimum atomic E-state index is 0.936. The van der Waals surface area contributed by atoms with Crippen molar-refractivity contribution in [3.8, 4) is 61.5 Å². The van der Waals surface area contributed by atoms with Crippen LogP contribution in [-0.2, 0) is 0 Å². The molecule has 68 heavy (non-hydrogen) atoms. The molecule has 0 atom stereocenters. The van der Waals surface area contributed by atoms with Crippen LogP contribution in [0.4, 0.5) is 0 Å². The van der Waals surface area contributed by atoms with Gasteiger partial charge in [-0.25, -0.2) is 0 Å². The molecule has 0 aliphatic rings. The smallest absolute Gasteiger partial charge is 0.0724 e. The lowest BCUT2D eigenvalue weighted by Crippen LogP contribution is -1.94. The zero-order valence-corrected chi connectivity index (χ0v) is 38.1. The van der Waals surface area contributed by atoms with Crippen molar-refractivity contribution >= 4 is 64.9 Å². The summed E-state index contributed by atoms with van der Waals surface area (Å²) < 4.78 is 2.33. The summed E-state index contributed by atoms with van der Waals surface area (Å²) in [7, 11) is 0. The molecule has 0 aliphatic carbocycles. The number of benzene rings is 10. The van der Waals surface area contributed by atoms with Crippen LogP contribution >= 0.6 is 0 Å². The lowest BCUT2D eigenvalue weighted by Gasteiger charge is -2.21. The van der Waals surface area contributed by atoms with Crippen molar-refractivity contribution in [1.82, 2.24) is 14.5 Å². The number of pyridine rings is 2. The Morgan fingerprint density at radius 2 is 1.04 bits per heavy atom. The summed E-state index contributed by atoms with van der Waals surface area (Å²) >= 11 is 0. The fourth-order valence-corrected chi connectivity index (χ4v) is 11.0. The van der Waals surface area contributed by atoms with Gasteiger partial charge < -0.3 is 4.57 Å². The number of fused-ring (bicyclic) bond motifs is 7. The van der Waals surface area contributed by atoms with E-state index in [1.54, 1.807) is 0 Å². The van der Waals surface area contributed by atoms with Crippen molar-refractivity contribution in [3.05, 3.63) is 235 Å². The number of aryl methyl sites for hydroxylation is 3. The van der Waals surface area contributed by atoms with E-state index in [2.05, 4.69) is 231 Å². The highest BCUT2D eigenvalue weighted by molar-refractivity contribution is 6.23. The number of nitrogens with zero attached hydrogens (tertiary/aromatic N) is 3. The molecule has 3 heteroatoms. The molecule has 0 aliphatic heterocycles. The molecule has 0 N–H and O–H groups in total. The van der Waals surface area contributed by atoms with Gasteiger partial charge >= 0.3 is 0 Å². The first-order valence-electron chi connectivity index (χ1n) is 23.4. The van der Waals surface area contributed by atoms with Crippen LogP contribution in [0.25, 0.3) is 126 Å². The lowest BCUT2D eigenvalue weighted by atomic mass is 9.82. The van der Waals surface area contributed by atoms with Crippen LogP contribution in [0.5, 0.6) is 0 Å². The third-order valence-electron chi connectivity index (χ3n) is 14.1. The molecule has 13 aromatic rings. The highest BCUT2D eigenvalue weighted by atomic mass is 15.0. The predicted octanol–water partition coefficient (Wildman–Crippen LogP) is 17.4. The molecule has 0 bridgehead atoms. The van der Waals surface area contributed by atoms with Gasteiger partial charge in [0, 0.05) is 40.0 Å². The van der Waals surface area contributed by atoms with Gasteiger partial charge in [0.25, 0.3) is 0 Å². The molecule has 0 unspecified atom stereocenters. The highest BCUT2D eigenvalue weighted by Gasteiger charge is 2.21. The molecule has 3 heterocycles. The minimum Gasteiger partial charge on any atom is -0.308 e. The molecule has 0 saturated heterocycles. The van der Waals surface area contributed by atoms with E-state index in [1.807, 2.05) is 18.6 Å². The first-order valence-corrected chi connectivity index (χ1v) is 23.4. The Hall–Kier alpha value is -8.66. The van der Waals surface area contributed by atoms with Gasteiger partial charge in [-0.3, -0.25) is 9.97 Å². The van der Waals surface area contributed by atoms with Crippen molar-refractivity contribution < 1.29 is 0 Å². The van der Waals surface area contributed by atoms with Crippen LogP contribution in [0.2, 0.25) is 0 Å². The summed E-state index contributed by atoms with van der Waals surface area (Å²) in [4.78, 5) is 9.67. The van der Waals surface area contributed by atoms with Gasteiger partial charge in [0.2, 0.25) is 0 Å². The van der Waals surface area contributed by atoms with Crippen LogP contribution in [0, 0.1) is 20.8 Å². The standard InChI is InChI=1S/C65H45N3/c1-40-11-8-16-47(33-40)64-56-26-22-45(36-59(56)65(48-17-9-12-41(2)34-48)63-42(3)13-10-20-57(63)64)51-27-28-52(54-19-7-6-18-53(51)54)49-23-29-60(67-38-49)46-24-30-61-58(37-46)55-31-32-66-39-62(55)68(61)50-25-21-43-14-4-5-15-44(43)35-50/h4-39H,1-3H3. The molecule has 0 amide bonds. The maximum Gasteiger partial charge on any atom is 0.0724 e. The topological polar surface area (TPSA) is 30.7 Å². The Balaban J connectivity index is 0.921. The molecule has 3 aromatic heterocycles. The first kappa shape index (κ1) is 39.7. The van der Waals surface area contributed by atoms with Gasteiger partial charge in [0.15, 0.2) is 0 Å². The Kier molecular flexibility index (Phi) is 9.19. The molecule has 10 aromatic carbocycles. The SMILES string of the molecule is Cc1cccc(-c2c3ccc(-c4ccc(-c5ccc(-c6ccc7c(c6)c6ccncc6n7-c6ccc7ccccc7c6)nc5)c5ccccc45)cc3c(-c3cccc(C)c3)c3c(C)cccc23)c1. The Morgan fingerprint density at radius 1 is 0.368 bits per heavy atom. The van der Waals surface area contributed by atoms with E-state index in [4.69, 9.17) is 4.98 Å². The molecule has 0 radical (unpaired) electrons. The van der Waals surface area contributed by atoms with Gasteiger partial charge in [-0.15, -0.1) is 0 Å². The van der Waals surface area contributed by atoms with E-state index >= 15 is 0 Å². The van der Waals surface area contributed by atoms with Crippen molar-refractivity contribution in [2.75, 3.05) is 0 Å². The second-order valence-electron chi connectivity index (χ2n) is 18.4. The predicted molar refractivity (Wildman–Crippen MR) is 288 cm³/mol. The summed E-state index contributed by atoms with van der Waals surface area (Å²) in [6, 6.07) is 73.7. The molecule has 13 rings (SSSR count). The highest BCUT2D eigenvalue weighted by Crippen LogP contribution is 2.47. The van der Waals surface area contributed by atoms with Gasteiger partial charge in [-0.2, -0.15) is 0 Å². The molecule has 3 nitrogen and oxygen atoms in total. The molecule has 0 spiro atoms. The van der Waals surface area contributed by atoms with Crippen molar-refractivity contribution in [2.24, 2.45) is 0 Å². The summed E-state index contributed by atoms with van der Waals surface area (Å²) in [6.45, 7) is 6.63. The quantitative estimate of drug-likeness (QED) is 0.156. The average Bonchev–Trinajstić information content (AvgIpc) is 3.71. The zero-order valence-electron chi connectivity index (χ0n) is 38.1. The van der Waals surface area contributed by atoms with E-state index in [9.17, 15) is 0 Å². The average molecular weight is 868 g/mol. The summed E-state index contributed by atoms with van der Waals surface area (Å²) in [5, 5.41) is 12.3. The molecule has 0 saturated carbocycles. The van der Waals surface area contributed by atoms with Crippen LogP contribution in [0.1, 0.15) is 16.7 Å². The fourth-order valence-electron chi connectivity index (χ4n) is 11.0. The van der Waals surface area contributed by atoms with Crippen LogP contribution in [0.15, 0.2) is 219 Å². The Labute approximate surface area is 395 Å². The summed E-state index contributed by atoms with van der Waals surface area (Å²) in [6.07, 6.45) is 5.89. The maximum absolute atomic E-state index is 5.13. The second kappa shape index (κ2) is 15.8. The number of rotatable bonds is 6. The Bertz CT molecular complexity index is 4170. The molecule has 320 valence electrons. The van der Waals surface area contributed by atoms with Crippen molar-refractivity contribution in [3.63, 3.8) is 0 Å². The zero-order chi connectivity index (χ0) is 45.5. The molecular formula is C65H45N3. The third-order valence-corrected chi connectivity index (χ3v) is 14.1. The van der Waals surface area contributed by atoms with Gasteiger partial charge in [0.1, 0.15) is 0 Å². The number of hydrogen-bond acceptors (Lipinski definition) is 2. The van der Waals surface area contributed by atoms with Gasteiger partial charge in [-0.05, 0) is 151 Å². The van der Waals surface area contributed by atoms with Crippen LogP contribution < -0.4 is 0 Å². The van der Waals surface area contributed by atoms with E-state index in [1.165, 1.54) is 104 Å². The van der Waals surface area contributed by atoms with Crippen LogP contribution in [-0.4, -0.2) is 14.5 Å². The van der Waals surface area contributed by atoms with E-state index in [-0.39, 0.29) is 0 Å². The maximum atomic E-state index is 5.13. The van der Waals surface area contributed by atoms with Crippen molar-refractivity contribution in [1.29, 1.82) is 0 Å². The number of hydrogen-bond donors (Lipinski definition) is 0. The van der Waals surface area contributed by atoms with Crippen molar-refractivity contribution in [2.45, 2.75) is 20.8 Å². The van der Waals surface area contributed by atoms with Gasteiger partial charge in [0.05, 0.1) is 22.9 Å². The lowest BCUT2D eigenvalue weighted by molar-refractivity contribution is 1.17. The minimum absolute atomic E-state index is 0.936. The van der Waals surface area contributed by atoms with Gasteiger partial charge in [-0.1, -0.05) is 169 Å². The van der Waals surface area contributed by atoms with Crippen LogP contribution in [0.3, 0.4) is 0 Å². The third kappa shape index (κ3) is 6.42. The van der Waals surface area contributed by atoms with E-state index in [0.717, 1.165) is 39.1 Å². The normalized spacial score (nSPS) is 11.8. The summed E-state index contributed by atoms with van der Waals surface area (Å²) in [5.74, 6) is 0. The second-order valence-corrected chi connectivity index (χ2v) is 18.4. The first-order chi connectivity index (χ1) is 33.4. The molecule has 0 fully saturated rings. The van der Waals surface area contributed by atoms with E-state index in [0.29, 0.717) is 0 Å². The monoisotopic (exact) mass is 867 g/mol. The van der Waals surface area contributed by atoms with E-state index < -0.39 is 0 Å². The largest absolute Gasteiger partial charge is 0.308 e. The molecular weight excluding hydrogens is 823 g/mol. The number of aromatic nitrogens is 3. The fraction of sp³-hybridized carbons (Fsp3) is 0.0462. The summed E-state index contributed by atoms with van der Waals surface area (Å²) in [5.41, 5.74) is 18.8.